The molecule has 0 bridgehead atoms. The van der Waals surface area contributed by atoms with Crippen LogP contribution in [0.4, 0.5) is 5.69 Å². The van der Waals surface area contributed by atoms with Crippen molar-refractivity contribution in [1.82, 2.24) is 5.43 Å². The molecule has 1 aliphatic heterocycles. The van der Waals surface area contributed by atoms with E-state index in [9.17, 15) is 0 Å². The van der Waals surface area contributed by atoms with Crippen LogP contribution in [0, 0.1) is 0 Å². The minimum absolute atomic E-state index is 0.821. The molecule has 0 fully saturated rings. The molecule has 0 atom stereocenters. The fourth-order valence-electron chi connectivity index (χ4n) is 1.57. The summed E-state index contributed by atoms with van der Waals surface area (Å²) in [5, 5.41) is 2.81. The van der Waals surface area contributed by atoms with Crippen LogP contribution < -0.4 is 10.4 Å². The standard InChI is InChI=1S/C9H11ClN2/c1-12-9-7(5-6-11-12)3-2-4-8(9)10/h2-4,11H,5-6H2,1H3. The Kier molecular flexibility index (Phi) is 1.95. The van der Waals surface area contributed by atoms with Gasteiger partial charge in [-0.3, -0.25) is 0 Å². The number of rotatable bonds is 0. The lowest BCUT2D eigenvalue weighted by molar-refractivity contribution is 0.641. The van der Waals surface area contributed by atoms with E-state index in [1.807, 2.05) is 24.2 Å². The summed E-state index contributed by atoms with van der Waals surface area (Å²) in [6.45, 7) is 0.990. The number of hydrazine groups is 1. The number of fused-ring (bicyclic) bond motifs is 1. The largest absolute Gasteiger partial charge is 0.310 e. The van der Waals surface area contributed by atoms with E-state index in [2.05, 4.69) is 11.5 Å². The lowest BCUT2D eigenvalue weighted by Crippen LogP contribution is -2.40. The van der Waals surface area contributed by atoms with E-state index < -0.39 is 0 Å². The topological polar surface area (TPSA) is 15.3 Å². The van der Waals surface area contributed by atoms with Crippen LogP contribution in [-0.2, 0) is 6.42 Å². The number of hydrogen-bond donors (Lipinski definition) is 1. The van der Waals surface area contributed by atoms with Crippen molar-refractivity contribution in [1.29, 1.82) is 0 Å². The van der Waals surface area contributed by atoms with Crippen LogP contribution >= 0.6 is 11.6 Å². The molecule has 2 rings (SSSR count). The first-order valence-corrected chi connectivity index (χ1v) is 4.41. The molecule has 1 N–H and O–H groups in total. The molecule has 2 nitrogen and oxygen atoms in total. The Morgan fingerprint density at radius 3 is 3.08 bits per heavy atom. The van der Waals surface area contributed by atoms with Gasteiger partial charge in [0.2, 0.25) is 0 Å². The summed E-state index contributed by atoms with van der Waals surface area (Å²) >= 11 is 6.06. The monoisotopic (exact) mass is 182 g/mol. The third kappa shape index (κ3) is 1.17. The van der Waals surface area contributed by atoms with Crippen LogP contribution in [-0.4, -0.2) is 13.6 Å². The van der Waals surface area contributed by atoms with E-state index in [1.165, 1.54) is 5.56 Å². The fraction of sp³-hybridized carbons (Fsp3) is 0.333. The van der Waals surface area contributed by atoms with E-state index in [1.54, 1.807) is 0 Å². The zero-order chi connectivity index (χ0) is 8.55. The summed E-state index contributed by atoms with van der Waals surface area (Å²) in [6.07, 6.45) is 1.06. The highest BCUT2D eigenvalue weighted by atomic mass is 35.5. The molecule has 1 heterocycles. The second kappa shape index (κ2) is 2.96. The van der Waals surface area contributed by atoms with Gasteiger partial charge in [-0.1, -0.05) is 23.7 Å². The molecule has 1 aliphatic rings. The third-order valence-electron chi connectivity index (χ3n) is 2.15. The van der Waals surface area contributed by atoms with Crippen molar-refractivity contribution < 1.29 is 0 Å². The Morgan fingerprint density at radius 2 is 2.33 bits per heavy atom. The van der Waals surface area contributed by atoms with E-state index in [4.69, 9.17) is 11.6 Å². The Morgan fingerprint density at radius 1 is 1.50 bits per heavy atom. The minimum atomic E-state index is 0.821. The molecule has 0 saturated heterocycles. The second-order valence-electron chi connectivity index (χ2n) is 2.96. The molecular weight excluding hydrogens is 172 g/mol. The SMILES string of the molecule is CN1NCCc2cccc(Cl)c21. The van der Waals surface area contributed by atoms with Crippen LogP contribution in [0.2, 0.25) is 5.02 Å². The molecule has 64 valence electrons. The van der Waals surface area contributed by atoms with Crippen molar-refractivity contribution in [2.24, 2.45) is 0 Å². The summed E-state index contributed by atoms with van der Waals surface area (Å²) < 4.78 is 0. The molecule has 3 heteroatoms. The van der Waals surface area contributed by atoms with Crippen molar-refractivity contribution in [3.05, 3.63) is 28.8 Å². The molecule has 1 aromatic carbocycles. The smallest absolute Gasteiger partial charge is 0.0735 e. The highest BCUT2D eigenvalue weighted by molar-refractivity contribution is 6.33. The highest BCUT2D eigenvalue weighted by Gasteiger charge is 2.15. The van der Waals surface area contributed by atoms with Gasteiger partial charge in [0, 0.05) is 13.6 Å². The number of halogens is 1. The lowest BCUT2D eigenvalue weighted by Gasteiger charge is -2.29. The maximum atomic E-state index is 6.06. The van der Waals surface area contributed by atoms with E-state index >= 15 is 0 Å². The molecule has 12 heavy (non-hydrogen) atoms. The first-order valence-electron chi connectivity index (χ1n) is 4.03. The number of para-hydroxylation sites is 1. The average Bonchev–Trinajstić information content (AvgIpc) is 2.04. The van der Waals surface area contributed by atoms with Crippen molar-refractivity contribution in [2.45, 2.75) is 6.42 Å². The van der Waals surface area contributed by atoms with E-state index in [0.717, 1.165) is 23.7 Å². The Hall–Kier alpha value is -0.730. The maximum Gasteiger partial charge on any atom is 0.0735 e. The van der Waals surface area contributed by atoms with Gasteiger partial charge in [-0.05, 0) is 18.1 Å². The predicted molar refractivity (Wildman–Crippen MR) is 51.6 cm³/mol. The lowest BCUT2D eigenvalue weighted by atomic mass is 10.1. The van der Waals surface area contributed by atoms with Gasteiger partial charge < -0.3 is 5.01 Å². The van der Waals surface area contributed by atoms with Crippen LogP contribution in [0.5, 0.6) is 0 Å². The summed E-state index contributed by atoms with van der Waals surface area (Å²) in [6, 6.07) is 6.04. The van der Waals surface area contributed by atoms with Crippen molar-refractivity contribution in [2.75, 3.05) is 18.6 Å². The Labute approximate surface area is 77.1 Å². The number of anilines is 1. The summed E-state index contributed by atoms with van der Waals surface area (Å²) in [5.74, 6) is 0. The molecule has 0 amide bonds. The number of benzene rings is 1. The van der Waals surface area contributed by atoms with Crippen molar-refractivity contribution >= 4 is 17.3 Å². The summed E-state index contributed by atoms with van der Waals surface area (Å²) in [7, 11) is 1.99. The molecule has 0 saturated carbocycles. The van der Waals surface area contributed by atoms with Gasteiger partial charge in [-0.25, -0.2) is 5.43 Å². The second-order valence-corrected chi connectivity index (χ2v) is 3.37. The van der Waals surface area contributed by atoms with E-state index in [-0.39, 0.29) is 0 Å². The van der Waals surface area contributed by atoms with Crippen LogP contribution in [0.25, 0.3) is 0 Å². The van der Waals surface area contributed by atoms with E-state index in [0.29, 0.717) is 0 Å². The quantitative estimate of drug-likeness (QED) is 0.659. The predicted octanol–water partition coefficient (Wildman–Crippen LogP) is 1.84. The van der Waals surface area contributed by atoms with Gasteiger partial charge in [0.05, 0.1) is 10.7 Å². The third-order valence-corrected chi connectivity index (χ3v) is 2.45. The zero-order valence-corrected chi connectivity index (χ0v) is 7.73. The van der Waals surface area contributed by atoms with Crippen LogP contribution in [0.3, 0.4) is 0 Å². The van der Waals surface area contributed by atoms with Gasteiger partial charge >= 0.3 is 0 Å². The van der Waals surface area contributed by atoms with Crippen LogP contribution in [0.1, 0.15) is 5.56 Å². The normalized spacial score (nSPS) is 16.0. The Balaban J connectivity index is 2.53. The van der Waals surface area contributed by atoms with Gasteiger partial charge in [0.25, 0.3) is 0 Å². The van der Waals surface area contributed by atoms with Crippen LogP contribution in [0.15, 0.2) is 18.2 Å². The first kappa shape index (κ1) is 7.90. The Bertz CT molecular complexity index is 299. The molecular formula is C9H11ClN2. The number of nitrogens with zero attached hydrogens (tertiary/aromatic N) is 1. The van der Waals surface area contributed by atoms with Gasteiger partial charge in [-0.2, -0.15) is 0 Å². The first-order chi connectivity index (χ1) is 5.79. The number of hydrogen-bond acceptors (Lipinski definition) is 2. The maximum absolute atomic E-state index is 6.06. The average molecular weight is 183 g/mol. The molecule has 0 spiro atoms. The van der Waals surface area contributed by atoms with Crippen molar-refractivity contribution in [3.8, 4) is 0 Å². The van der Waals surface area contributed by atoms with Gasteiger partial charge in [-0.15, -0.1) is 0 Å². The molecule has 0 unspecified atom stereocenters. The zero-order valence-electron chi connectivity index (χ0n) is 6.97. The summed E-state index contributed by atoms with van der Waals surface area (Å²) in [5.41, 5.74) is 5.67. The highest BCUT2D eigenvalue weighted by Crippen LogP contribution is 2.30. The van der Waals surface area contributed by atoms with Gasteiger partial charge in [0.15, 0.2) is 0 Å². The van der Waals surface area contributed by atoms with Gasteiger partial charge in [0.1, 0.15) is 0 Å². The molecule has 0 aromatic heterocycles. The minimum Gasteiger partial charge on any atom is -0.310 e. The van der Waals surface area contributed by atoms with Crippen molar-refractivity contribution in [3.63, 3.8) is 0 Å². The number of nitrogens with one attached hydrogen (secondary N) is 1. The molecule has 0 radical (unpaired) electrons. The molecule has 0 aliphatic carbocycles. The fourth-order valence-corrected chi connectivity index (χ4v) is 1.90. The summed E-state index contributed by atoms with van der Waals surface area (Å²) in [4.78, 5) is 0. The molecule has 1 aromatic rings.